The molecule has 0 unspecified atom stereocenters. The van der Waals surface area contributed by atoms with Crippen molar-refractivity contribution < 1.29 is 13.2 Å². The summed E-state index contributed by atoms with van der Waals surface area (Å²) >= 11 is 6.12. The first-order chi connectivity index (χ1) is 13.5. The van der Waals surface area contributed by atoms with Gasteiger partial charge in [-0.05, 0) is 36.6 Å². The Hall–Kier alpha value is -2.15. The highest BCUT2D eigenvalue weighted by molar-refractivity contribution is 7.88. The number of pyridine rings is 1. The monoisotopic (exact) mass is 416 g/mol. The third-order valence-corrected chi connectivity index (χ3v) is 7.18. The lowest BCUT2D eigenvalue weighted by atomic mass is 10.1. The van der Waals surface area contributed by atoms with Crippen molar-refractivity contribution in [3.63, 3.8) is 0 Å². The molecule has 28 heavy (non-hydrogen) atoms. The molecule has 0 bridgehead atoms. The van der Waals surface area contributed by atoms with Crippen molar-refractivity contribution in [3.8, 4) is 5.75 Å². The fourth-order valence-corrected chi connectivity index (χ4v) is 5.36. The van der Waals surface area contributed by atoms with Gasteiger partial charge in [-0.25, -0.2) is 12.7 Å². The number of halogens is 1. The number of ether oxygens (including phenoxy) is 1. The minimum Gasteiger partial charge on any atom is -0.488 e. The standard InChI is InChI=1S/C21H21ClN2O3S/c22-19-8-2-1-5-17(19)15-28(25,26)24-13-10-18(11-14-24)27-20-9-3-6-16-7-4-12-23-21(16)20/h1-9,12,18H,10-11,13-15H2. The van der Waals surface area contributed by atoms with Crippen LogP contribution in [0.4, 0.5) is 0 Å². The van der Waals surface area contributed by atoms with Crippen LogP contribution >= 0.6 is 11.6 Å². The molecule has 2 aromatic carbocycles. The van der Waals surface area contributed by atoms with Crippen LogP contribution in [0.5, 0.6) is 5.75 Å². The molecule has 7 heteroatoms. The Bertz CT molecular complexity index is 1070. The molecule has 2 heterocycles. The molecule has 1 aliphatic rings. The zero-order valence-corrected chi connectivity index (χ0v) is 16.9. The first-order valence-corrected chi connectivity index (χ1v) is 11.2. The number of hydrogen-bond donors (Lipinski definition) is 0. The second-order valence-corrected chi connectivity index (χ2v) is 9.27. The average molecular weight is 417 g/mol. The lowest BCUT2D eigenvalue weighted by Crippen LogP contribution is -2.42. The van der Waals surface area contributed by atoms with Gasteiger partial charge in [0.05, 0.1) is 5.75 Å². The van der Waals surface area contributed by atoms with E-state index in [0.29, 0.717) is 36.5 Å². The zero-order chi connectivity index (χ0) is 19.6. The van der Waals surface area contributed by atoms with Crippen molar-refractivity contribution in [3.05, 3.63) is 71.4 Å². The Labute approximate surface area is 170 Å². The van der Waals surface area contributed by atoms with Gasteiger partial charge < -0.3 is 4.74 Å². The Morgan fingerprint density at radius 2 is 1.79 bits per heavy atom. The quantitative estimate of drug-likeness (QED) is 0.623. The van der Waals surface area contributed by atoms with Gasteiger partial charge in [0.1, 0.15) is 17.4 Å². The summed E-state index contributed by atoms with van der Waals surface area (Å²) in [5.74, 6) is 0.668. The molecular weight excluding hydrogens is 396 g/mol. The van der Waals surface area contributed by atoms with E-state index in [0.717, 1.165) is 16.7 Å². The van der Waals surface area contributed by atoms with Crippen LogP contribution in [0.25, 0.3) is 10.9 Å². The van der Waals surface area contributed by atoms with E-state index in [1.165, 1.54) is 4.31 Å². The van der Waals surface area contributed by atoms with Gasteiger partial charge in [-0.1, -0.05) is 48.0 Å². The largest absolute Gasteiger partial charge is 0.488 e. The van der Waals surface area contributed by atoms with Crippen molar-refractivity contribution >= 4 is 32.5 Å². The fourth-order valence-electron chi connectivity index (χ4n) is 3.48. The zero-order valence-electron chi connectivity index (χ0n) is 15.3. The topological polar surface area (TPSA) is 59.5 Å². The molecule has 0 amide bonds. The lowest BCUT2D eigenvalue weighted by Gasteiger charge is -2.31. The van der Waals surface area contributed by atoms with Crippen molar-refractivity contribution in [1.29, 1.82) is 0 Å². The van der Waals surface area contributed by atoms with E-state index in [4.69, 9.17) is 16.3 Å². The van der Waals surface area contributed by atoms with E-state index in [1.54, 1.807) is 30.5 Å². The van der Waals surface area contributed by atoms with E-state index in [-0.39, 0.29) is 11.9 Å². The van der Waals surface area contributed by atoms with Crippen LogP contribution in [0.3, 0.4) is 0 Å². The minimum atomic E-state index is -3.41. The number of hydrogen-bond acceptors (Lipinski definition) is 4. The summed E-state index contributed by atoms with van der Waals surface area (Å²) < 4.78 is 33.2. The number of aromatic nitrogens is 1. The van der Waals surface area contributed by atoms with Gasteiger partial charge in [0.2, 0.25) is 10.0 Å². The molecule has 1 aliphatic heterocycles. The molecule has 146 valence electrons. The molecule has 5 nitrogen and oxygen atoms in total. The van der Waals surface area contributed by atoms with Crippen LogP contribution in [0.1, 0.15) is 18.4 Å². The lowest BCUT2D eigenvalue weighted by molar-refractivity contribution is 0.136. The van der Waals surface area contributed by atoms with E-state index in [2.05, 4.69) is 4.98 Å². The van der Waals surface area contributed by atoms with Gasteiger partial charge >= 0.3 is 0 Å². The maximum Gasteiger partial charge on any atom is 0.218 e. The molecule has 0 aliphatic carbocycles. The molecular formula is C21H21ClN2O3S. The van der Waals surface area contributed by atoms with Gasteiger partial charge in [0, 0.05) is 29.7 Å². The summed E-state index contributed by atoms with van der Waals surface area (Å²) in [6.45, 7) is 0.880. The normalized spacial score (nSPS) is 16.3. The summed E-state index contributed by atoms with van der Waals surface area (Å²) in [6.07, 6.45) is 3.01. The number of benzene rings is 2. The van der Waals surface area contributed by atoms with Crippen molar-refractivity contribution in [2.75, 3.05) is 13.1 Å². The molecule has 1 fully saturated rings. The summed E-state index contributed by atoms with van der Waals surface area (Å²) in [4.78, 5) is 4.41. The first-order valence-electron chi connectivity index (χ1n) is 9.24. The number of piperidine rings is 1. The molecule has 0 spiro atoms. The van der Waals surface area contributed by atoms with E-state index >= 15 is 0 Å². The van der Waals surface area contributed by atoms with Gasteiger partial charge in [0.25, 0.3) is 0 Å². The van der Waals surface area contributed by atoms with Crippen LogP contribution in [-0.4, -0.2) is 36.9 Å². The molecule has 1 aromatic heterocycles. The van der Waals surface area contributed by atoms with E-state index in [9.17, 15) is 8.42 Å². The van der Waals surface area contributed by atoms with E-state index in [1.807, 2.05) is 30.3 Å². The van der Waals surface area contributed by atoms with Gasteiger partial charge in [-0.15, -0.1) is 0 Å². The number of rotatable bonds is 5. The van der Waals surface area contributed by atoms with Crippen molar-refractivity contribution in [2.45, 2.75) is 24.7 Å². The van der Waals surface area contributed by atoms with Crippen LogP contribution in [-0.2, 0) is 15.8 Å². The summed E-state index contributed by atoms with van der Waals surface area (Å²) in [7, 11) is -3.41. The van der Waals surface area contributed by atoms with Gasteiger partial charge in [-0.3, -0.25) is 4.98 Å². The summed E-state index contributed by atoms with van der Waals surface area (Å²) in [6, 6.07) is 16.8. The molecule has 0 atom stereocenters. The van der Waals surface area contributed by atoms with Crippen LogP contribution in [0.2, 0.25) is 5.02 Å². The summed E-state index contributed by atoms with van der Waals surface area (Å²) in [5.41, 5.74) is 1.46. The number of fused-ring (bicyclic) bond motifs is 1. The predicted octanol–water partition coefficient (Wildman–Crippen LogP) is 4.26. The van der Waals surface area contributed by atoms with E-state index < -0.39 is 10.0 Å². The highest BCUT2D eigenvalue weighted by Gasteiger charge is 2.29. The highest BCUT2D eigenvalue weighted by Crippen LogP contribution is 2.28. The highest BCUT2D eigenvalue weighted by atomic mass is 35.5. The Kier molecular flexibility index (Phi) is 5.53. The maximum absolute atomic E-state index is 12.8. The number of nitrogens with zero attached hydrogens (tertiary/aromatic N) is 2. The van der Waals surface area contributed by atoms with Crippen molar-refractivity contribution in [1.82, 2.24) is 9.29 Å². The Balaban J connectivity index is 1.41. The molecule has 3 aromatic rings. The molecule has 0 N–H and O–H groups in total. The maximum atomic E-state index is 12.8. The average Bonchev–Trinajstić information content (AvgIpc) is 2.70. The van der Waals surface area contributed by atoms with Crippen molar-refractivity contribution in [2.24, 2.45) is 0 Å². The van der Waals surface area contributed by atoms with Crippen LogP contribution in [0.15, 0.2) is 60.8 Å². The SMILES string of the molecule is O=S(=O)(Cc1ccccc1Cl)N1CCC(Oc2cccc3cccnc23)CC1. The molecule has 4 rings (SSSR count). The number of sulfonamides is 1. The molecule has 1 saturated heterocycles. The number of para-hydroxylation sites is 1. The molecule has 0 radical (unpaired) electrons. The second-order valence-electron chi connectivity index (χ2n) is 6.90. The smallest absolute Gasteiger partial charge is 0.218 e. The van der Waals surface area contributed by atoms with Crippen LogP contribution < -0.4 is 4.74 Å². The second kappa shape index (κ2) is 8.07. The molecule has 0 saturated carbocycles. The minimum absolute atomic E-state index is 0.0284. The van der Waals surface area contributed by atoms with Gasteiger partial charge in [-0.2, -0.15) is 0 Å². The third-order valence-electron chi connectivity index (χ3n) is 4.98. The van der Waals surface area contributed by atoms with Crippen LogP contribution in [0, 0.1) is 0 Å². The Morgan fingerprint density at radius 3 is 2.57 bits per heavy atom. The predicted molar refractivity (Wildman–Crippen MR) is 111 cm³/mol. The van der Waals surface area contributed by atoms with Gasteiger partial charge in [0.15, 0.2) is 0 Å². The summed E-state index contributed by atoms with van der Waals surface area (Å²) in [5, 5.41) is 1.51. The Morgan fingerprint density at radius 1 is 1.04 bits per heavy atom. The third kappa shape index (κ3) is 4.14. The first kappa shape index (κ1) is 19.2. The fraction of sp³-hybridized carbons (Fsp3) is 0.286.